The van der Waals surface area contributed by atoms with Crippen LogP contribution in [0.5, 0.6) is 0 Å². The highest BCUT2D eigenvalue weighted by Crippen LogP contribution is 2.27. The minimum absolute atomic E-state index is 0.0270. The molecule has 1 rings (SSSR count). The van der Waals surface area contributed by atoms with Crippen LogP contribution in [0.3, 0.4) is 0 Å². The number of aliphatic hydroxyl groups is 1. The molecule has 0 saturated heterocycles. The van der Waals surface area contributed by atoms with Crippen molar-refractivity contribution in [2.24, 2.45) is 5.41 Å². The summed E-state index contributed by atoms with van der Waals surface area (Å²) in [5, 5.41) is 13.4. The van der Waals surface area contributed by atoms with Crippen molar-refractivity contribution in [3.8, 4) is 0 Å². The first-order chi connectivity index (χ1) is 9.71. The lowest BCUT2D eigenvalue weighted by atomic mass is 9.82. The molecule has 0 bridgehead atoms. The van der Waals surface area contributed by atoms with Gasteiger partial charge in [-0.15, -0.1) is 0 Å². The fraction of sp³-hybridized carbons (Fsp3) is 0.667. The van der Waals surface area contributed by atoms with E-state index >= 15 is 0 Å². The Morgan fingerprint density at radius 1 is 1.10 bits per heavy atom. The van der Waals surface area contributed by atoms with Crippen molar-refractivity contribution in [3.05, 3.63) is 35.9 Å². The van der Waals surface area contributed by atoms with Crippen molar-refractivity contribution in [2.75, 3.05) is 13.2 Å². The molecule has 20 heavy (non-hydrogen) atoms. The molecule has 0 amide bonds. The summed E-state index contributed by atoms with van der Waals surface area (Å²) in [6.45, 7) is 7.73. The second-order valence-corrected chi connectivity index (χ2v) is 5.85. The number of aliphatic hydroxyl groups excluding tert-OH is 1. The third-order valence-electron chi connectivity index (χ3n) is 4.61. The van der Waals surface area contributed by atoms with Gasteiger partial charge in [0.2, 0.25) is 0 Å². The minimum atomic E-state index is 0.0270. The van der Waals surface area contributed by atoms with E-state index in [4.69, 9.17) is 0 Å². The molecule has 2 heteroatoms. The van der Waals surface area contributed by atoms with Gasteiger partial charge in [0.05, 0.1) is 0 Å². The highest BCUT2D eigenvalue weighted by Gasteiger charge is 2.26. The van der Waals surface area contributed by atoms with Crippen LogP contribution < -0.4 is 5.32 Å². The first kappa shape index (κ1) is 17.2. The van der Waals surface area contributed by atoms with Crippen molar-refractivity contribution in [1.29, 1.82) is 0 Å². The Kier molecular flexibility index (Phi) is 7.86. The molecule has 0 heterocycles. The number of unbranched alkanes of at least 4 members (excludes halogenated alkanes) is 1. The second kappa shape index (κ2) is 9.15. The van der Waals surface area contributed by atoms with Crippen LogP contribution in [0.4, 0.5) is 0 Å². The number of benzene rings is 1. The molecule has 0 aliphatic rings. The fourth-order valence-electron chi connectivity index (χ4n) is 2.60. The lowest BCUT2D eigenvalue weighted by molar-refractivity contribution is 0.109. The third kappa shape index (κ3) is 4.92. The van der Waals surface area contributed by atoms with Crippen molar-refractivity contribution in [3.63, 3.8) is 0 Å². The van der Waals surface area contributed by atoms with Gasteiger partial charge in [-0.3, -0.25) is 0 Å². The van der Waals surface area contributed by atoms with E-state index in [1.165, 1.54) is 18.4 Å². The van der Waals surface area contributed by atoms with Crippen LogP contribution >= 0.6 is 0 Å². The van der Waals surface area contributed by atoms with Gasteiger partial charge < -0.3 is 10.4 Å². The largest absolute Gasteiger partial charge is 0.396 e. The van der Waals surface area contributed by atoms with E-state index in [0.29, 0.717) is 6.04 Å². The number of rotatable bonds is 10. The van der Waals surface area contributed by atoms with Gasteiger partial charge in [-0.05, 0) is 24.8 Å². The molecule has 0 fully saturated rings. The zero-order chi connectivity index (χ0) is 14.8. The molecule has 0 aliphatic carbocycles. The molecule has 0 saturated carbocycles. The summed E-state index contributed by atoms with van der Waals surface area (Å²) in [7, 11) is 0. The van der Waals surface area contributed by atoms with Gasteiger partial charge in [0.1, 0.15) is 0 Å². The molecule has 0 radical (unpaired) electrons. The van der Waals surface area contributed by atoms with Crippen molar-refractivity contribution in [2.45, 2.75) is 58.9 Å². The lowest BCUT2D eigenvalue weighted by Crippen LogP contribution is -2.38. The van der Waals surface area contributed by atoms with Crippen molar-refractivity contribution >= 4 is 0 Å². The molecule has 1 aromatic rings. The van der Waals surface area contributed by atoms with Gasteiger partial charge >= 0.3 is 0 Å². The molecule has 0 spiro atoms. The Morgan fingerprint density at radius 3 is 2.25 bits per heavy atom. The average molecular weight is 277 g/mol. The molecular weight excluding hydrogens is 246 g/mol. The Hall–Kier alpha value is -0.860. The predicted octanol–water partition coefficient (Wildman–Crippen LogP) is 4.31. The summed E-state index contributed by atoms with van der Waals surface area (Å²) in [5.74, 6) is 0. The van der Waals surface area contributed by atoms with E-state index in [-0.39, 0.29) is 12.0 Å². The summed E-state index contributed by atoms with van der Waals surface area (Å²) < 4.78 is 0. The lowest BCUT2D eigenvalue weighted by Gasteiger charge is -2.32. The maximum absolute atomic E-state index is 9.70. The van der Waals surface area contributed by atoms with E-state index in [0.717, 1.165) is 25.8 Å². The zero-order valence-corrected chi connectivity index (χ0v) is 13.4. The topological polar surface area (TPSA) is 32.3 Å². The SMILES string of the molecule is CCCCC(NCC(CC)(CC)CO)c1ccccc1. The molecule has 0 aliphatic heterocycles. The monoisotopic (exact) mass is 277 g/mol. The van der Waals surface area contributed by atoms with Gasteiger partial charge in [0.25, 0.3) is 0 Å². The molecule has 0 aromatic heterocycles. The van der Waals surface area contributed by atoms with Crippen LogP contribution in [-0.4, -0.2) is 18.3 Å². The van der Waals surface area contributed by atoms with Crippen molar-refractivity contribution < 1.29 is 5.11 Å². The van der Waals surface area contributed by atoms with E-state index in [1.54, 1.807) is 0 Å². The van der Waals surface area contributed by atoms with Crippen LogP contribution in [0.1, 0.15) is 64.5 Å². The molecule has 114 valence electrons. The first-order valence-electron chi connectivity index (χ1n) is 8.10. The quantitative estimate of drug-likeness (QED) is 0.668. The Bertz CT molecular complexity index is 337. The molecule has 2 nitrogen and oxygen atoms in total. The van der Waals surface area contributed by atoms with E-state index < -0.39 is 0 Å². The Morgan fingerprint density at radius 2 is 1.75 bits per heavy atom. The van der Waals surface area contributed by atoms with Crippen LogP contribution in [0.25, 0.3) is 0 Å². The predicted molar refractivity (Wildman–Crippen MR) is 86.8 cm³/mol. The average Bonchev–Trinajstić information content (AvgIpc) is 2.52. The van der Waals surface area contributed by atoms with Crippen LogP contribution in [0.15, 0.2) is 30.3 Å². The van der Waals surface area contributed by atoms with Gasteiger partial charge in [0.15, 0.2) is 0 Å². The molecule has 1 unspecified atom stereocenters. The van der Waals surface area contributed by atoms with E-state index in [1.807, 2.05) is 0 Å². The van der Waals surface area contributed by atoms with E-state index in [9.17, 15) is 5.11 Å². The molecular formula is C18H31NO. The van der Waals surface area contributed by atoms with Crippen molar-refractivity contribution in [1.82, 2.24) is 5.32 Å². The second-order valence-electron chi connectivity index (χ2n) is 5.85. The molecule has 1 aromatic carbocycles. The molecule has 1 atom stereocenters. The third-order valence-corrected chi connectivity index (χ3v) is 4.61. The van der Waals surface area contributed by atoms with Crippen LogP contribution in [0.2, 0.25) is 0 Å². The first-order valence-corrected chi connectivity index (χ1v) is 8.10. The Balaban J connectivity index is 2.70. The van der Waals surface area contributed by atoms with Gasteiger partial charge in [-0.1, -0.05) is 63.9 Å². The van der Waals surface area contributed by atoms with Gasteiger partial charge in [0, 0.05) is 24.6 Å². The standard InChI is InChI=1S/C18H31NO/c1-4-7-13-17(16-11-9-8-10-12-16)19-14-18(5-2,6-3)15-20/h8-12,17,19-20H,4-7,13-15H2,1-3H3. The van der Waals surface area contributed by atoms with Gasteiger partial charge in [-0.2, -0.15) is 0 Å². The number of nitrogens with one attached hydrogen (secondary N) is 1. The number of hydrogen-bond donors (Lipinski definition) is 2. The maximum Gasteiger partial charge on any atom is 0.0499 e. The summed E-state index contributed by atoms with van der Waals surface area (Å²) in [6.07, 6.45) is 5.65. The zero-order valence-electron chi connectivity index (χ0n) is 13.4. The minimum Gasteiger partial charge on any atom is -0.396 e. The summed E-state index contributed by atoms with van der Waals surface area (Å²) >= 11 is 0. The normalized spacial score (nSPS) is 13.4. The molecule has 2 N–H and O–H groups in total. The van der Waals surface area contributed by atoms with Crippen LogP contribution in [0, 0.1) is 5.41 Å². The number of hydrogen-bond acceptors (Lipinski definition) is 2. The van der Waals surface area contributed by atoms with Gasteiger partial charge in [-0.25, -0.2) is 0 Å². The van der Waals surface area contributed by atoms with Crippen LogP contribution in [-0.2, 0) is 0 Å². The highest BCUT2D eigenvalue weighted by atomic mass is 16.3. The summed E-state index contributed by atoms with van der Waals surface area (Å²) in [5.41, 5.74) is 1.39. The highest BCUT2D eigenvalue weighted by molar-refractivity contribution is 5.18. The summed E-state index contributed by atoms with van der Waals surface area (Å²) in [4.78, 5) is 0. The summed E-state index contributed by atoms with van der Waals surface area (Å²) in [6, 6.07) is 11.1. The van der Waals surface area contributed by atoms with E-state index in [2.05, 4.69) is 56.4 Å². The maximum atomic E-state index is 9.70. The Labute approximate surface area is 124 Å². The fourth-order valence-corrected chi connectivity index (χ4v) is 2.60. The smallest absolute Gasteiger partial charge is 0.0499 e.